The molecule has 0 bridgehead atoms. The maximum Gasteiger partial charge on any atom is 0.418 e. The van der Waals surface area contributed by atoms with Gasteiger partial charge < -0.3 is 15.4 Å². The fraction of sp³-hybridized carbons (Fsp3) is 0.533. The highest BCUT2D eigenvalue weighted by atomic mass is 79.9. The molecule has 1 amide bonds. The third-order valence-corrected chi connectivity index (χ3v) is 3.12. The van der Waals surface area contributed by atoms with Crippen molar-refractivity contribution in [3.05, 3.63) is 28.2 Å². The number of ether oxygens (including phenoxy) is 1. The Morgan fingerprint density at radius 1 is 1.22 bits per heavy atom. The van der Waals surface area contributed by atoms with Crippen LogP contribution in [-0.2, 0) is 10.9 Å². The van der Waals surface area contributed by atoms with Crippen molar-refractivity contribution in [2.24, 2.45) is 0 Å². The lowest BCUT2D eigenvalue weighted by Gasteiger charge is -2.19. The Bertz CT molecular complexity index is 543. The van der Waals surface area contributed by atoms with E-state index in [9.17, 15) is 18.0 Å². The summed E-state index contributed by atoms with van der Waals surface area (Å²) in [5, 5.41) is 5.29. The average molecular weight is 397 g/mol. The second kappa shape index (κ2) is 7.90. The number of nitrogens with one attached hydrogen (secondary N) is 2. The molecular formula is C15H20BrF3N2O2. The van der Waals surface area contributed by atoms with Gasteiger partial charge in [-0.25, -0.2) is 4.79 Å². The molecule has 2 N–H and O–H groups in total. The fourth-order valence-electron chi connectivity index (χ4n) is 1.73. The van der Waals surface area contributed by atoms with Crippen molar-refractivity contribution in [3.8, 4) is 0 Å². The van der Waals surface area contributed by atoms with E-state index in [4.69, 9.17) is 4.74 Å². The normalized spacial score (nSPS) is 12.0. The van der Waals surface area contributed by atoms with Crippen LogP contribution in [0, 0.1) is 0 Å². The van der Waals surface area contributed by atoms with E-state index in [1.54, 1.807) is 20.8 Å². The van der Waals surface area contributed by atoms with Crippen LogP contribution in [-0.4, -0.2) is 24.8 Å². The summed E-state index contributed by atoms with van der Waals surface area (Å²) in [6, 6.07) is 3.74. The van der Waals surface area contributed by atoms with E-state index in [2.05, 4.69) is 26.6 Å². The first-order valence-corrected chi connectivity index (χ1v) is 7.86. The monoisotopic (exact) mass is 396 g/mol. The van der Waals surface area contributed by atoms with Gasteiger partial charge in [0, 0.05) is 23.2 Å². The fourth-order valence-corrected chi connectivity index (χ4v) is 2.09. The number of hydrogen-bond acceptors (Lipinski definition) is 3. The maximum absolute atomic E-state index is 12.9. The number of rotatable bonds is 5. The molecule has 0 aromatic heterocycles. The molecule has 0 radical (unpaired) electrons. The maximum atomic E-state index is 12.9. The highest BCUT2D eigenvalue weighted by Gasteiger charge is 2.33. The molecule has 0 unspecified atom stereocenters. The van der Waals surface area contributed by atoms with Crippen molar-refractivity contribution in [2.45, 2.75) is 39.0 Å². The molecule has 0 aliphatic rings. The summed E-state index contributed by atoms with van der Waals surface area (Å²) in [5.41, 5.74) is -1.30. The van der Waals surface area contributed by atoms with E-state index < -0.39 is 23.4 Å². The SMILES string of the molecule is CC(C)(C)OC(=O)NCCCNc1cc(Br)ccc1C(F)(F)F. The second-order valence-corrected chi connectivity index (χ2v) is 6.81. The van der Waals surface area contributed by atoms with Crippen LogP contribution in [0.4, 0.5) is 23.7 Å². The Hall–Kier alpha value is -1.44. The Morgan fingerprint density at radius 3 is 2.43 bits per heavy atom. The Labute approximate surface area is 141 Å². The van der Waals surface area contributed by atoms with Crippen molar-refractivity contribution in [2.75, 3.05) is 18.4 Å². The lowest BCUT2D eigenvalue weighted by Crippen LogP contribution is -2.33. The van der Waals surface area contributed by atoms with Crippen LogP contribution in [0.25, 0.3) is 0 Å². The molecule has 0 atom stereocenters. The van der Waals surface area contributed by atoms with Gasteiger partial charge in [-0.3, -0.25) is 0 Å². The van der Waals surface area contributed by atoms with E-state index >= 15 is 0 Å². The van der Waals surface area contributed by atoms with Crippen molar-refractivity contribution in [1.29, 1.82) is 0 Å². The summed E-state index contributed by atoms with van der Waals surface area (Å²) in [7, 11) is 0. The van der Waals surface area contributed by atoms with Crippen LogP contribution in [0.15, 0.2) is 22.7 Å². The molecule has 23 heavy (non-hydrogen) atoms. The molecule has 0 aliphatic heterocycles. The van der Waals surface area contributed by atoms with Gasteiger partial charge in [-0.2, -0.15) is 13.2 Å². The Morgan fingerprint density at radius 2 is 1.87 bits per heavy atom. The quantitative estimate of drug-likeness (QED) is 0.703. The molecule has 0 fully saturated rings. The third-order valence-electron chi connectivity index (χ3n) is 2.62. The van der Waals surface area contributed by atoms with Gasteiger partial charge in [-0.15, -0.1) is 0 Å². The van der Waals surface area contributed by atoms with Crippen molar-refractivity contribution >= 4 is 27.7 Å². The molecule has 0 heterocycles. The van der Waals surface area contributed by atoms with E-state index in [0.717, 1.165) is 6.07 Å². The van der Waals surface area contributed by atoms with Crippen LogP contribution in [0.1, 0.15) is 32.8 Å². The van der Waals surface area contributed by atoms with Gasteiger partial charge in [-0.05, 0) is 45.4 Å². The predicted octanol–water partition coefficient (Wildman–Crippen LogP) is 4.79. The minimum Gasteiger partial charge on any atom is -0.444 e. The number of alkyl carbamates (subject to hydrolysis) is 1. The van der Waals surface area contributed by atoms with Gasteiger partial charge in [0.05, 0.1) is 5.56 Å². The van der Waals surface area contributed by atoms with Crippen molar-refractivity contribution in [1.82, 2.24) is 5.32 Å². The first-order chi connectivity index (χ1) is 10.5. The number of anilines is 1. The standard InChI is InChI=1S/C15H20BrF3N2O2/c1-14(2,3)23-13(22)21-8-4-7-20-12-9-10(16)5-6-11(12)15(17,18)19/h5-6,9,20H,4,7-8H2,1-3H3,(H,21,22). The zero-order chi connectivity index (χ0) is 17.7. The Balaban J connectivity index is 2.45. The van der Waals surface area contributed by atoms with Crippen LogP contribution >= 0.6 is 15.9 Å². The molecule has 1 aromatic carbocycles. The molecule has 1 rings (SSSR count). The number of carbonyl (C=O) groups excluding carboxylic acids is 1. The minimum absolute atomic E-state index is 0.00384. The van der Waals surface area contributed by atoms with E-state index in [1.165, 1.54) is 12.1 Å². The number of hydrogen-bond donors (Lipinski definition) is 2. The predicted molar refractivity (Wildman–Crippen MR) is 86.5 cm³/mol. The van der Waals surface area contributed by atoms with Crippen molar-refractivity contribution < 1.29 is 22.7 Å². The lowest BCUT2D eigenvalue weighted by atomic mass is 10.1. The summed E-state index contributed by atoms with van der Waals surface area (Å²) < 4.78 is 44.3. The molecule has 1 aromatic rings. The lowest BCUT2D eigenvalue weighted by molar-refractivity contribution is -0.137. The molecular weight excluding hydrogens is 377 g/mol. The van der Waals surface area contributed by atoms with Gasteiger partial charge in [-0.1, -0.05) is 15.9 Å². The van der Waals surface area contributed by atoms with E-state index in [0.29, 0.717) is 17.4 Å². The molecule has 0 saturated heterocycles. The number of benzene rings is 1. The summed E-state index contributed by atoms with van der Waals surface area (Å²) in [5.74, 6) is 0. The third kappa shape index (κ3) is 7.58. The van der Waals surface area contributed by atoms with Crippen LogP contribution in [0.3, 0.4) is 0 Å². The average Bonchev–Trinajstić information content (AvgIpc) is 2.34. The Kier molecular flexibility index (Phi) is 6.73. The number of carbonyl (C=O) groups is 1. The first-order valence-electron chi connectivity index (χ1n) is 7.06. The molecule has 0 saturated carbocycles. The molecule has 0 spiro atoms. The number of halogens is 4. The van der Waals surface area contributed by atoms with Crippen molar-refractivity contribution in [3.63, 3.8) is 0 Å². The largest absolute Gasteiger partial charge is 0.444 e. The smallest absolute Gasteiger partial charge is 0.418 e. The van der Waals surface area contributed by atoms with E-state index in [1.807, 2.05) is 0 Å². The van der Waals surface area contributed by atoms with Crippen LogP contribution in [0.5, 0.6) is 0 Å². The zero-order valence-electron chi connectivity index (χ0n) is 13.2. The second-order valence-electron chi connectivity index (χ2n) is 5.90. The first kappa shape index (κ1) is 19.6. The van der Waals surface area contributed by atoms with Gasteiger partial charge >= 0.3 is 12.3 Å². The number of amides is 1. The highest BCUT2D eigenvalue weighted by Crippen LogP contribution is 2.36. The summed E-state index contributed by atoms with van der Waals surface area (Å²) in [4.78, 5) is 11.4. The molecule has 8 heteroatoms. The zero-order valence-corrected chi connectivity index (χ0v) is 14.8. The number of alkyl halides is 3. The summed E-state index contributed by atoms with van der Waals surface area (Å²) in [6.45, 7) is 5.84. The topological polar surface area (TPSA) is 50.4 Å². The van der Waals surface area contributed by atoms with Gasteiger partial charge in [0.1, 0.15) is 5.60 Å². The van der Waals surface area contributed by atoms with Gasteiger partial charge in [0.25, 0.3) is 0 Å². The van der Waals surface area contributed by atoms with Crippen LogP contribution < -0.4 is 10.6 Å². The van der Waals surface area contributed by atoms with Crippen LogP contribution in [0.2, 0.25) is 0 Å². The molecule has 130 valence electrons. The van der Waals surface area contributed by atoms with E-state index in [-0.39, 0.29) is 12.2 Å². The molecule has 4 nitrogen and oxygen atoms in total. The highest BCUT2D eigenvalue weighted by molar-refractivity contribution is 9.10. The summed E-state index contributed by atoms with van der Waals surface area (Å²) >= 11 is 3.15. The van der Waals surface area contributed by atoms with Gasteiger partial charge in [0.2, 0.25) is 0 Å². The molecule has 0 aliphatic carbocycles. The van der Waals surface area contributed by atoms with Gasteiger partial charge in [0.15, 0.2) is 0 Å². The minimum atomic E-state index is -4.42. The summed E-state index contributed by atoms with van der Waals surface area (Å²) in [6.07, 6.45) is -4.50.